The molecule has 1 aliphatic heterocycles. The maximum atomic E-state index is 5.92. The Bertz CT molecular complexity index is 610. The molecule has 3 heteroatoms. The minimum absolute atomic E-state index is 0.498. The Hall–Kier alpha value is -2.03. The van der Waals surface area contributed by atoms with E-state index in [4.69, 9.17) is 9.47 Å². The summed E-state index contributed by atoms with van der Waals surface area (Å²) in [5.41, 5.74) is 3.85. The highest BCUT2D eigenvalue weighted by atomic mass is 16.5. The SMILES string of the molecule is COc1cccc2c1OC[C@@H](Cc1cnccc1C)C2. The molecule has 0 saturated carbocycles. The van der Waals surface area contributed by atoms with E-state index in [1.54, 1.807) is 7.11 Å². The van der Waals surface area contributed by atoms with E-state index < -0.39 is 0 Å². The highest BCUT2D eigenvalue weighted by Gasteiger charge is 2.23. The lowest BCUT2D eigenvalue weighted by atomic mass is 9.90. The van der Waals surface area contributed by atoms with E-state index in [9.17, 15) is 0 Å². The molecule has 3 rings (SSSR count). The molecule has 0 fully saturated rings. The van der Waals surface area contributed by atoms with Gasteiger partial charge >= 0.3 is 0 Å². The molecule has 1 aromatic carbocycles. The molecule has 0 aliphatic carbocycles. The van der Waals surface area contributed by atoms with Crippen LogP contribution in [0.25, 0.3) is 0 Å². The summed E-state index contributed by atoms with van der Waals surface area (Å²) in [7, 11) is 1.68. The lowest BCUT2D eigenvalue weighted by Crippen LogP contribution is -2.23. The van der Waals surface area contributed by atoms with Crippen molar-refractivity contribution in [2.24, 2.45) is 5.92 Å². The molecule has 1 atom stereocenters. The number of nitrogens with zero attached hydrogens (tertiary/aromatic N) is 1. The van der Waals surface area contributed by atoms with Gasteiger partial charge in [-0.1, -0.05) is 12.1 Å². The fourth-order valence-electron chi connectivity index (χ4n) is 2.77. The van der Waals surface area contributed by atoms with E-state index in [2.05, 4.69) is 24.0 Å². The van der Waals surface area contributed by atoms with Crippen molar-refractivity contribution in [3.8, 4) is 11.5 Å². The van der Waals surface area contributed by atoms with Gasteiger partial charge in [0.1, 0.15) is 0 Å². The second-order valence-corrected chi connectivity index (χ2v) is 5.34. The zero-order chi connectivity index (χ0) is 13.9. The Morgan fingerprint density at radius 1 is 1.35 bits per heavy atom. The average Bonchev–Trinajstić information content (AvgIpc) is 2.49. The summed E-state index contributed by atoms with van der Waals surface area (Å²) in [6.07, 6.45) is 5.85. The summed E-state index contributed by atoms with van der Waals surface area (Å²) in [5.74, 6) is 2.24. The summed E-state index contributed by atoms with van der Waals surface area (Å²) in [6, 6.07) is 8.17. The number of aromatic nitrogens is 1. The second-order valence-electron chi connectivity index (χ2n) is 5.34. The monoisotopic (exact) mass is 269 g/mol. The van der Waals surface area contributed by atoms with Crippen molar-refractivity contribution in [3.05, 3.63) is 53.3 Å². The van der Waals surface area contributed by atoms with Crippen LogP contribution in [0.5, 0.6) is 11.5 Å². The summed E-state index contributed by atoms with van der Waals surface area (Å²) in [4.78, 5) is 4.22. The first-order chi connectivity index (χ1) is 9.78. The molecule has 1 aromatic heterocycles. The summed E-state index contributed by atoms with van der Waals surface area (Å²) in [5, 5.41) is 0. The van der Waals surface area contributed by atoms with Gasteiger partial charge in [-0.2, -0.15) is 0 Å². The molecule has 0 radical (unpaired) electrons. The van der Waals surface area contributed by atoms with Gasteiger partial charge in [0.2, 0.25) is 0 Å². The standard InChI is InChI=1S/C17H19NO2/c1-12-6-7-18-10-15(12)9-13-8-14-4-3-5-16(19-2)17(14)20-11-13/h3-7,10,13H,8-9,11H2,1-2H3/t13-/m1/s1. The Balaban J connectivity index is 1.78. The minimum atomic E-state index is 0.498. The van der Waals surface area contributed by atoms with E-state index in [0.29, 0.717) is 5.92 Å². The van der Waals surface area contributed by atoms with E-state index in [-0.39, 0.29) is 0 Å². The largest absolute Gasteiger partial charge is 0.493 e. The highest BCUT2D eigenvalue weighted by molar-refractivity contribution is 5.47. The van der Waals surface area contributed by atoms with Gasteiger partial charge < -0.3 is 9.47 Å². The van der Waals surface area contributed by atoms with Crippen LogP contribution in [0.1, 0.15) is 16.7 Å². The summed E-state index contributed by atoms with van der Waals surface area (Å²) in [6.45, 7) is 2.87. The van der Waals surface area contributed by atoms with Crippen molar-refractivity contribution in [1.82, 2.24) is 4.98 Å². The Kier molecular flexibility index (Phi) is 3.59. The van der Waals surface area contributed by atoms with Crippen LogP contribution in [0.2, 0.25) is 0 Å². The second kappa shape index (κ2) is 5.53. The molecule has 104 valence electrons. The van der Waals surface area contributed by atoms with Crippen molar-refractivity contribution in [2.45, 2.75) is 19.8 Å². The molecular formula is C17H19NO2. The summed E-state index contributed by atoms with van der Waals surface area (Å²) < 4.78 is 11.3. The average molecular weight is 269 g/mol. The number of hydrogen-bond donors (Lipinski definition) is 0. The molecule has 2 aromatic rings. The zero-order valence-corrected chi connectivity index (χ0v) is 11.9. The summed E-state index contributed by atoms with van der Waals surface area (Å²) >= 11 is 0. The van der Waals surface area contributed by atoms with Gasteiger partial charge in [-0.25, -0.2) is 0 Å². The molecule has 0 N–H and O–H groups in total. The van der Waals surface area contributed by atoms with Gasteiger partial charge in [0.25, 0.3) is 0 Å². The number of pyridine rings is 1. The number of ether oxygens (including phenoxy) is 2. The Morgan fingerprint density at radius 2 is 2.25 bits per heavy atom. The lowest BCUT2D eigenvalue weighted by Gasteiger charge is -2.26. The zero-order valence-electron chi connectivity index (χ0n) is 11.9. The van der Waals surface area contributed by atoms with E-state index in [0.717, 1.165) is 30.9 Å². The maximum Gasteiger partial charge on any atom is 0.164 e. The smallest absolute Gasteiger partial charge is 0.164 e. The third kappa shape index (κ3) is 2.48. The number of methoxy groups -OCH3 is 1. The fourth-order valence-corrected chi connectivity index (χ4v) is 2.77. The van der Waals surface area contributed by atoms with Gasteiger partial charge in [0.15, 0.2) is 11.5 Å². The number of benzene rings is 1. The van der Waals surface area contributed by atoms with Crippen molar-refractivity contribution in [1.29, 1.82) is 0 Å². The minimum Gasteiger partial charge on any atom is -0.493 e. The van der Waals surface area contributed by atoms with E-state index >= 15 is 0 Å². The van der Waals surface area contributed by atoms with Crippen LogP contribution in [0, 0.1) is 12.8 Å². The van der Waals surface area contributed by atoms with Crippen LogP contribution < -0.4 is 9.47 Å². The number of aryl methyl sites for hydroxylation is 1. The molecule has 2 heterocycles. The molecule has 0 bridgehead atoms. The van der Waals surface area contributed by atoms with Crippen LogP contribution in [-0.4, -0.2) is 18.7 Å². The van der Waals surface area contributed by atoms with E-state index in [1.807, 2.05) is 24.5 Å². The number of rotatable bonds is 3. The molecule has 0 saturated heterocycles. The van der Waals surface area contributed by atoms with Gasteiger partial charge in [0.05, 0.1) is 13.7 Å². The number of para-hydroxylation sites is 1. The highest BCUT2D eigenvalue weighted by Crippen LogP contribution is 2.36. The van der Waals surface area contributed by atoms with Crippen molar-refractivity contribution in [3.63, 3.8) is 0 Å². The van der Waals surface area contributed by atoms with Gasteiger partial charge in [-0.15, -0.1) is 0 Å². The van der Waals surface area contributed by atoms with Crippen molar-refractivity contribution < 1.29 is 9.47 Å². The molecular weight excluding hydrogens is 250 g/mol. The number of hydrogen-bond acceptors (Lipinski definition) is 3. The van der Waals surface area contributed by atoms with Gasteiger partial charge in [0, 0.05) is 18.3 Å². The molecule has 1 aliphatic rings. The van der Waals surface area contributed by atoms with Crippen LogP contribution in [-0.2, 0) is 12.8 Å². The van der Waals surface area contributed by atoms with Crippen LogP contribution in [0.3, 0.4) is 0 Å². The molecule has 0 amide bonds. The third-order valence-electron chi connectivity index (χ3n) is 3.91. The predicted octanol–water partition coefficient (Wildman–Crippen LogP) is 3.19. The first kappa shape index (κ1) is 13.0. The van der Waals surface area contributed by atoms with Crippen LogP contribution >= 0.6 is 0 Å². The van der Waals surface area contributed by atoms with Gasteiger partial charge in [-0.05, 0) is 48.6 Å². The van der Waals surface area contributed by atoms with Crippen LogP contribution in [0.15, 0.2) is 36.7 Å². The number of fused-ring (bicyclic) bond motifs is 1. The first-order valence-electron chi connectivity index (χ1n) is 6.96. The van der Waals surface area contributed by atoms with Crippen molar-refractivity contribution in [2.75, 3.05) is 13.7 Å². The van der Waals surface area contributed by atoms with Crippen LogP contribution in [0.4, 0.5) is 0 Å². The molecule has 3 nitrogen and oxygen atoms in total. The predicted molar refractivity (Wildman–Crippen MR) is 78.4 cm³/mol. The molecule has 0 unspecified atom stereocenters. The van der Waals surface area contributed by atoms with Crippen molar-refractivity contribution >= 4 is 0 Å². The first-order valence-corrected chi connectivity index (χ1v) is 6.96. The lowest BCUT2D eigenvalue weighted by molar-refractivity contribution is 0.211. The fraction of sp³-hybridized carbons (Fsp3) is 0.353. The maximum absolute atomic E-state index is 5.92. The third-order valence-corrected chi connectivity index (χ3v) is 3.91. The Labute approximate surface area is 119 Å². The molecule has 20 heavy (non-hydrogen) atoms. The quantitative estimate of drug-likeness (QED) is 0.857. The Morgan fingerprint density at radius 3 is 3.05 bits per heavy atom. The van der Waals surface area contributed by atoms with E-state index in [1.165, 1.54) is 16.7 Å². The van der Waals surface area contributed by atoms with Gasteiger partial charge in [-0.3, -0.25) is 4.98 Å². The normalized spacial score (nSPS) is 17.2. The molecule has 0 spiro atoms. The topological polar surface area (TPSA) is 31.4 Å².